The van der Waals surface area contributed by atoms with Crippen molar-refractivity contribution >= 4 is 6.03 Å². The number of aliphatic hydroxyl groups excluding tert-OH is 2. The van der Waals surface area contributed by atoms with Crippen LogP contribution in [0.25, 0.3) is 0 Å². The molecule has 1 saturated carbocycles. The molecule has 6 nitrogen and oxygen atoms in total. The van der Waals surface area contributed by atoms with Crippen LogP contribution in [0.5, 0.6) is 0 Å². The number of urea groups is 1. The molecule has 3 fully saturated rings. The minimum absolute atomic E-state index is 0.0269. The van der Waals surface area contributed by atoms with Crippen molar-refractivity contribution in [3.05, 3.63) is 0 Å². The highest BCUT2D eigenvalue weighted by atomic mass is 16.3. The van der Waals surface area contributed by atoms with Gasteiger partial charge in [0.2, 0.25) is 0 Å². The van der Waals surface area contributed by atoms with Gasteiger partial charge in [0.15, 0.2) is 0 Å². The van der Waals surface area contributed by atoms with Crippen LogP contribution in [0.1, 0.15) is 44.9 Å². The van der Waals surface area contributed by atoms with E-state index in [4.69, 9.17) is 0 Å². The Morgan fingerprint density at radius 3 is 2.50 bits per heavy atom. The molecule has 0 bridgehead atoms. The molecule has 24 heavy (non-hydrogen) atoms. The molecule has 6 heteroatoms. The molecule has 3 N–H and O–H groups in total. The number of carbonyl (C=O) groups excluding carboxylic acids is 1. The largest absolute Gasteiger partial charge is 0.396 e. The Kier molecular flexibility index (Phi) is 6.00. The summed E-state index contributed by atoms with van der Waals surface area (Å²) in [6.45, 7) is 5.42. The third-order valence-corrected chi connectivity index (χ3v) is 6.27. The van der Waals surface area contributed by atoms with E-state index >= 15 is 0 Å². The summed E-state index contributed by atoms with van der Waals surface area (Å²) in [7, 11) is 0. The van der Waals surface area contributed by atoms with Gasteiger partial charge < -0.3 is 25.3 Å². The topological polar surface area (TPSA) is 76.0 Å². The fourth-order valence-corrected chi connectivity index (χ4v) is 4.76. The van der Waals surface area contributed by atoms with E-state index in [1.807, 2.05) is 4.90 Å². The van der Waals surface area contributed by atoms with Crippen LogP contribution in [0.15, 0.2) is 0 Å². The maximum Gasteiger partial charge on any atom is 0.317 e. The number of nitrogens with zero attached hydrogens (tertiary/aromatic N) is 2. The minimum Gasteiger partial charge on any atom is -0.396 e. The van der Waals surface area contributed by atoms with E-state index in [-0.39, 0.29) is 24.2 Å². The Hall–Kier alpha value is -0.850. The van der Waals surface area contributed by atoms with Crippen LogP contribution in [-0.4, -0.2) is 78.0 Å². The maximum atomic E-state index is 11.6. The number of amides is 2. The number of carbonyl (C=O) groups is 1. The molecule has 2 heterocycles. The zero-order chi connectivity index (χ0) is 17.0. The summed E-state index contributed by atoms with van der Waals surface area (Å²) in [4.78, 5) is 15.9. The first-order chi connectivity index (χ1) is 11.6. The SMILES string of the molecule is O=C1NCCN1CC1CCN(CC(O)CC2(CO)CCCC2)CC1. The van der Waals surface area contributed by atoms with E-state index in [9.17, 15) is 15.0 Å². The molecule has 1 aliphatic carbocycles. The van der Waals surface area contributed by atoms with E-state index in [0.717, 1.165) is 71.4 Å². The predicted octanol–water partition coefficient (Wildman–Crippen LogP) is 1.03. The van der Waals surface area contributed by atoms with Crippen molar-refractivity contribution in [2.45, 2.75) is 51.0 Å². The normalized spacial score (nSPS) is 26.8. The fourth-order valence-electron chi connectivity index (χ4n) is 4.76. The highest BCUT2D eigenvalue weighted by Crippen LogP contribution is 2.41. The summed E-state index contributed by atoms with van der Waals surface area (Å²) in [6.07, 6.45) is 7.07. The first kappa shape index (κ1) is 18.0. The number of hydrogen-bond acceptors (Lipinski definition) is 4. The average Bonchev–Trinajstić information content (AvgIpc) is 3.19. The lowest BCUT2D eigenvalue weighted by Gasteiger charge is -2.36. The van der Waals surface area contributed by atoms with Crippen LogP contribution >= 0.6 is 0 Å². The van der Waals surface area contributed by atoms with E-state index in [1.54, 1.807) is 0 Å². The van der Waals surface area contributed by atoms with Crippen molar-refractivity contribution in [3.8, 4) is 0 Å². The molecular formula is C18H33N3O3. The highest BCUT2D eigenvalue weighted by molar-refractivity contribution is 5.76. The number of aliphatic hydroxyl groups is 2. The van der Waals surface area contributed by atoms with Gasteiger partial charge in [-0.2, -0.15) is 0 Å². The molecule has 0 aromatic heterocycles. The Labute approximate surface area is 145 Å². The molecule has 2 saturated heterocycles. The molecular weight excluding hydrogens is 306 g/mol. The third-order valence-electron chi connectivity index (χ3n) is 6.27. The zero-order valence-electron chi connectivity index (χ0n) is 14.8. The number of β-amino-alcohol motifs (C(OH)–C–C–N with tert-alkyl or cyclic N) is 1. The van der Waals surface area contributed by atoms with Crippen molar-refractivity contribution in [1.29, 1.82) is 0 Å². The van der Waals surface area contributed by atoms with Crippen molar-refractivity contribution in [1.82, 2.24) is 15.1 Å². The smallest absolute Gasteiger partial charge is 0.317 e. The maximum absolute atomic E-state index is 11.6. The van der Waals surface area contributed by atoms with E-state index in [0.29, 0.717) is 5.92 Å². The first-order valence-electron chi connectivity index (χ1n) is 9.64. The predicted molar refractivity (Wildman–Crippen MR) is 92.7 cm³/mol. The summed E-state index contributed by atoms with van der Waals surface area (Å²) in [5, 5.41) is 23.0. The third kappa shape index (κ3) is 4.41. The molecule has 0 aromatic rings. The van der Waals surface area contributed by atoms with E-state index in [1.165, 1.54) is 12.8 Å². The number of hydrogen-bond donors (Lipinski definition) is 3. The van der Waals surface area contributed by atoms with Gasteiger partial charge in [-0.1, -0.05) is 12.8 Å². The van der Waals surface area contributed by atoms with Gasteiger partial charge in [0.1, 0.15) is 0 Å². The summed E-state index contributed by atoms with van der Waals surface area (Å²) >= 11 is 0. The van der Waals surface area contributed by atoms with Crippen molar-refractivity contribution in [2.24, 2.45) is 11.3 Å². The van der Waals surface area contributed by atoms with Gasteiger partial charge in [-0.3, -0.25) is 0 Å². The average molecular weight is 339 g/mol. The van der Waals surface area contributed by atoms with E-state index < -0.39 is 0 Å². The van der Waals surface area contributed by atoms with Crippen molar-refractivity contribution < 1.29 is 15.0 Å². The lowest BCUT2D eigenvalue weighted by molar-refractivity contribution is 0.0254. The van der Waals surface area contributed by atoms with Crippen LogP contribution in [0, 0.1) is 11.3 Å². The molecule has 1 unspecified atom stereocenters. The summed E-state index contributed by atoms with van der Waals surface area (Å²) < 4.78 is 0. The lowest BCUT2D eigenvalue weighted by atomic mass is 9.81. The zero-order valence-corrected chi connectivity index (χ0v) is 14.8. The molecule has 3 rings (SSSR count). The van der Waals surface area contributed by atoms with Gasteiger partial charge in [0.25, 0.3) is 0 Å². The monoisotopic (exact) mass is 339 g/mol. The van der Waals surface area contributed by atoms with Crippen molar-refractivity contribution in [3.63, 3.8) is 0 Å². The number of likely N-dealkylation sites (tertiary alicyclic amines) is 1. The van der Waals surface area contributed by atoms with Gasteiger partial charge in [-0.15, -0.1) is 0 Å². The molecule has 0 spiro atoms. The Morgan fingerprint density at radius 2 is 1.92 bits per heavy atom. The molecule has 2 amide bonds. The van der Waals surface area contributed by atoms with Crippen LogP contribution in [0.2, 0.25) is 0 Å². The summed E-state index contributed by atoms with van der Waals surface area (Å²) in [5.41, 5.74) is -0.0269. The number of rotatable bonds is 7. The van der Waals surface area contributed by atoms with Gasteiger partial charge in [0, 0.05) is 32.8 Å². The number of nitrogens with one attached hydrogen (secondary N) is 1. The Bertz CT molecular complexity index is 418. The second-order valence-electron chi connectivity index (χ2n) is 8.15. The van der Waals surface area contributed by atoms with Gasteiger partial charge in [-0.05, 0) is 56.5 Å². The standard InChI is InChI=1S/C18H33N3O3/c22-14-18(5-1-2-6-18)11-16(23)13-20-8-3-15(4-9-20)12-21-10-7-19-17(21)24/h15-16,22-23H,1-14H2,(H,19,24). The minimum atomic E-state index is -0.337. The number of piperidine rings is 1. The second kappa shape index (κ2) is 8.02. The molecule has 0 radical (unpaired) electrons. The molecule has 1 atom stereocenters. The van der Waals surface area contributed by atoms with Crippen LogP contribution in [0.4, 0.5) is 4.79 Å². The summed E-state index contributed by atoms with van der Waals surface area (Å²) in [6, 6.07) is 0.0821. The van der Waals surface area contributed by atoms with Gasteiger partial charge in [-0.25, -0.2) is 4.79 Å². The Balaban J connectivity index is 1.38. The fraction of sp³-hybridized carbons (Fsp3) is 0.944. The van der Waals surface area contributed by atoms with Gasteiger partial charge >= 0.3 is 6.03 Å². The van der Waals surface area contributed by atoms with Crippen LogP contribution in [0.3, 0.4) is 0 Å². The van der Waals surface area contributed by atoms with Crippen LogP contribution < -0.4 is 5.32 Å². The lowest BCUT2D eigenvalue weighted by Crippen LogP contribution is -2.43. The second-order valence-corrected chi connectivity index (χ2v) is 8.15. The first-order valence-corrected chi connectivity index (χ1v) is 9.64. The van der Waals surface area contributed by atoms with Gasteiger partial charge in [0.05, 0.1) is 6.10 Å². The molecule has 2 aliphatic heterocycles. The van der Waals surface area contributed by atoms with Crippen molar-refractivity contribution in [2.75, 3.05) is 45.9 Å². The molecule has 138 valence electrons. The molecule has 3 aliphatic rings. The Morgan fingerprint density at radius 1 is 1.21 bits per heavy atom. The summed E-state index contributed by atoms with van der Waals surface area (Å²) in [5.74, 6) is 0.584. The van der Waals surface area contributed by atoms with Crippen LogP contribution in [-0.2, 0) is 0 Å². The van der Waals surface area contributed by atoms with E-state index in [2.05, 4.69) is 10.2 Å². The highest BCUT2D eigenvalue weighted by Gasteiger charge is 2.36. The quantitative estimate of drug-likeness (QED) is 0.647. The molecule has 0 aromatic carbocycles.